The first-order valence-electron chi connectivity index (χ1n) is 4.15. The Morgan fingerprint density at radius 2 is 2.09 bits per heavy atom. The van der Waals surface area contributed by atoms with Crippen molar-refractivity contribution in [3.05, 3.63) is 12.8 Å². The molecule has 0 heterocycles. The van der Waals surface area contributed by atoms with Crippen molar-refractivity contribution < 1.29 is 4.79 Å². The summed E-state index contributed by atoms with van der Waals surface area (Å²) in [6.07, 6.45) is 6.14. The van der Waals surface area contributed by atoms with Gasteiger partial charge in [0.25, 0.3) is 0 Å². The minimum atomic E-state index is 0.234. The van der Waals surface area contributed by atoms with Gasteiger partial charge in [-0.3, -0.25) is 4.79 Å². The molecule has 0 aromatic carbocycles. The predicted molar refractivity (Wildman–Crippen MR) is 44.9 cm³/mol. The first kappa shape index (κ1) is 8.31. The molecule has 0 spiro atoms. The van der Waals surface area contributed by atoms with Crippen molar-refractivity contribution in [1.29, 1.82) is 0 Å². The average molecular weight is 153 g/mol. The van der Waals surface area contributed by atoms with Crippen LogP contribution in [0, 0.1) is 5.92 Å². The van der Waals surface area contributed by atoms with Gasteiger partial charge < -0.3 is 4.90 Å². The Morgan fingerprint density at radius 1 is 1.55 bits per heavy atom. The van der Waals surface area contributed by atoms with E-state index in [1.54, 1.807) is 18.1 Å². The number of amides is 1. The van der Waals surface area contributed by atoms with Gasteiger partial charge in [0.15, 0.2) is 0 Å². The minimum Gasteiger partial charge on any atom is -0.323 e. The van der Waals surface area contributed by atoms with Gasteiger partial charge in [0, 0.05) is 13.0 Å². The predicted octanol–water partition coefficient (Wildman–Crippen LogP) is 1.78. The maximum absolute atomic E-state index is 11.4. The number of hydrogen-bond acceptors (Lipinski definition) is 1. The van der Waals surface area contributed by atoms with Gasteiger partial charge in [0.1, 0.15) is 0 Å². The molecule has 0 aliphatic heterocycles. The van der Waals surface area contributed by atoms with Gasteiger partial charge in [-0.05, 0) is 19.0 Å². The van der Waals surface area contributed by atoms with Crippen LogP contribution in [0.4, 0.5) is 0 Å². The number of carbonyl (C=O) groups is 1. The summed E-state index contributed by atoms with van der Waals surface area (Å²) in [5, 5.41) is 0. The highest BCUT2D eigenvalue weighted by molar-refractivity contribution is 5.79. The quantitative estimate of drug-likeness (QED) is 0.592. The Kier molecular flexibility index (Phi) is 2.69. The van der Waals surface area contributed by atoms with Gasteiger partial charge in [-0.2, -0.15) is 0 Å². The summed E-state index contributed by atoms with van der Waals surface area (Å²) in [5.74, 6) is 0.510. The van der Waals surface area contributed by atoms with Crippen LogP contribution < -0.4 is 0 Å². The summed E-state index contributed by atoms with van der Waals surface area (Å²) in [6.45, 7) is 3.56. The normalized spacial score (nSPS) is 18.3. The second-order valence-corrected chi connectivity index (χ2v) is 3.11. The summed E-state index contributed by atoms with van der Waals surface area (Å²) in [6, 6.07) is 0. The van der Waals surface area contributed by atoms with Crippen LogP contribution in [0.1, 0.15) is 25.7 Å². The summed E-state index contributed by atoms with van der Waals surface area (Å²) >= 11 is 0. The molecule has 1 rings (SSSR count). The van der Waals surface area contributed by atoms with E-state index in [2.05, 4.69) is 6.58 Å². The Bertz CT molecular complexity index is 159. The van der Waals surface area contributed by atoms with Crippen LogP contribution in [0.25, 0.3) is 0 Å². The average Bonchev–Trinajstić information content (AvgIpc) is 2.53. The molecule has 11 heavy (non-hydrogen) atoms. The third-order valence-electron chi connectivity index (χ3n) is 2.33. The molecular weight excluding hydrogens is 138 g/mol. The lowest BCUT2D eigenvalue weighted by Crippen LogP contribution is -2.26. The van der Waals surface area contributed by atoms with Crippen LogP contribution >= 0.6 is 0 Å². The molecule has 62 valence electrons. The monoisotopic (exact) mass is 153 g/mol. The molecule has 1 fully saturated rings. The van der Waals surface area contributed by atoms with Crippen molar-refractivity contribution >= 4 is 5.91 Å². The fourth-order valence-electron chi connectivity index (χ4n) is 1.55. The molecular formula is C9H15NO. The fraction of sp³-hybridized carbons (Fsp3) is 0.667. The van der Waals surface area contributed by atoms with Crippen LogP contribution in [0.2, 0.25) is 0 Å². The van der Waals surface area contributed by atoms with E-state index < -0.39 is 0 Å². The van der Waals surface area contributed by atoms with Gasteiger partial charge in [0.2, 0.25) is 5.91 Å². The van der Waals surface area contributed by atoms with Crippen molar-refractivity contribution in [3.8, 4) is 0 Å². The lowest BCUT2D eigenvalue weighted by Gasteiger charge is -2.15. The van der Waals surface area contributed by atoms with Crippen LogP contribution in [-0.4, -0.2) is 17.9 Å². The van der Waals surface area contributed by atoms with E-state index in [9.17, 15) is 4.79 Å². The summed E-state index contributed by atoms with van der Waals surface area (Å²) in [5.41, 5.74) is 0. The van der Waals surface area contributed by atoms with Gasteiger partial charge in [-0.15, -0.1) is 0 Å². The molecule has 1 aliphatic rings. The van der Waals surface area contributed by atoms with Crippen molar-refractivity contribution in [3.63, 3.8) is 0 Å². The molecule has 0 atom stereocenters. The molecule has 0 radical (unpaired) electrons. The second kappa shape index (κ2) is 3.56. The number of hydrogen-bond donors (Lipinski definition) is 0. The highest BCUT2D eigenvalue weighted by Crippen LogP contribution is 2.26. The molecule has 0 saturated heterocycles. The van der Waals surface area contributed by atoms with Crippen molar-refractivity contribution in [1.82, 2.24) is 4.90 Å². The molecule has 2 heteroatoms. The lowest BCUT2D eigenvalue weighted by atomic mass is 10.1. The lowest BCUT2D eigenvalue weighted by molar-refractivity contribution is -0.131. The van der Waals surface area contributed by atoms with Crippen LogP contribution in [-0.2, 0) is 4.79 Å². The van der Waals surface area contributed by atoms with E-state index in [0.29, 0.717) is 0 Å². The minimum absolute atomic E-state index is 0.234. The summed E-state index contributed by atoms with van der Waals surface area (Å²) in [7, 11) is 1.77. The van der Waals surface area contributed by atoms with E-state index in [1.165, 1.54) is 12.8 Å². The molecule has 0 unspecified atom stereocenters. The van der Waals surface area contributed by atoms with E-state index in [-0.39, 0.29) is 11.8 Å². The first-order valence-corrected chi connectivity index (χ1v) is 4.15. The topological polar surface area (TPSA) is 20.3 Å². The zero-order valence-corrected chi connectivity index (χ0v) is 7.05. The second-order valence-electron chi connectivity index (χ2n) is 3.11. The Balaban J connectivity index is 2.45. The molecule has 0 aromatic heterocycles. The third-order valence-corrected chi connectivity index (χ3v) is 2.33. The summed E-state index contributed by atoms with van der Waals surface area (Å²) in [4.78, 5) is 13.0. The molecule has 0 N–H and O–H groups in total. The smallest absolute Gasteiger partial charge is 0.229 e. The first-order chi connectivity index (χ1) is 5.25. The standard InChI is InChI=1S/C9H15NO/c1-3-10(2)9(11)8-6-4-5-7-8/h3,8H,1,4-7H2,2H3. The summed E-state index contributed by atoms with van der Waals surface area (Å²) < 4.78 is 0. The maximum Gasteiger partial charge on any atom is 0.229 e. The fourth-order valence-corrected chi connectivity index (χ4v) is 1.55. The Hall–Kier alpha value is -0.790. The van der Waals surface area contributed by atoms with E-state index in [4.69, 9.17) is 0 Å². The van der Waals surface area contributed by atoms with Crippen LogP contribution in [0.15, 0.2) is 12.8 Å². The number of nitrogens with zero attached hydrogens (tertiary/aromatic N) is 1. The van der Waals surface area contributed by atoms with E-state index in [1.807, 2.05) is 0 Å². The SMILES string of the molecule is C=CN(C)C(=O)C1CCCC1. The maximum atomic E-state index is 11.4. The largest absolute Gasteiger partial charge is 0.323 e. The number of carbonyl (C=O) groups excluding carboxylic acids is 1. The Labute approximate surface area is 67.9 Å². The van der Waals surface area contributed by atoms with Crippen LogP contribution in [0.3, 0.4) is 0 Å². The Morgan fingerprint density at radius 3 is 2.55 bits per heavy atom. The third kappa shape index (κ3) is 1.82. The van der Waals surface area contributed by atoms with Crippen LogP contribution in [0.5, 0.6) is 0 Å². The van der Waals surface area contributed by atoms with Gasteiger partial charge in [-0.25, -0.2) is 0 Å². The van der Waals surface area contributed by atoms with Crippen molar-refractivity contribution in [2.45, 2.75) is 25.7 Å². The highest BCUT2D eigenvalue weighted by atomic mass is 16.2. The molecule has 0 bridgehead atoms. The van der Waals surface area contributed by atoms with E-state index >= 15 is 0 Å². The van der Waals surface area contributed by atoms with Gasteiger partial charge in [0.05, 0.1) is 0 Å². The number of rotatable bonds is 2. The molecule has 1 amide bonds. The van der Waals surface area contributed by atoms with Crippen molar-refractivity contribution in [2.24, 2.45) is 5.92 Å². The zero-order valence-electron chi connectivity index (χ0n) is 7.05. The molecule has 0 aromatic rings. The molecule has 1 aliphatic carbocycles. The van der Waals surface area contributed by atoms with Crippen molar-refractivity contribution in [2.75, 3.05) is 7.05 Å². The van der Waals surface area contributed by atoms with Gasteiger partial charge >= 0.3 is 0 Å². The molecule has 2 nitrogen and oxygen atoms in total. The zero-order chi connectivity index (χ0) is 8.27. The highest BCUT2D eigenvalue weighted by Gasteiger charge is 2.23. The van der Waals surface area contributed by atoms with E-state index in [0.717, 1.165) is 12.8 Å². The van der Waals surface area contributed by atoms with Gasteiger partial charge in [-0.1, -0.05) is 19.4 Å². The molecule has 1 saturated carbocycles.